The maximum Gasteiger partial charge on any atom is 0.243 e. The number of hydrogen-bond donors (Lipinski definition) is 1. The molecule has 1 aliphatic heterocycles. The van der Waals surface area contributed by atoms with Gasteiger partial charge in [-0.1, -0.05) is 19.9 Å². The molecule has 6 nitrogen and oxygen atoms in total. The number of piperidine rings is 1. The highest BCUT2D eigenvalue weighted by molar-refractivity contribution is 7.89. The van der Waals surface area contributed by atoms with Crippen molar-refractivity contribution in [3.8, 4) is 0 Å². The van der Waals surface area contributed by atoms with Gasteiger partial charge >= 0.3 is 0 Å². The molecule has 0 atom stereocenters. The van der Waals surface area contributed by atoms with E-state index in [-0.39, 0.29) is 11.8 Å². The molecule has 29 heavy (non-hydrogen) atoms. The van der Waals surface area contributed by atoms with Crippen LogP contribution in [0.2, 0.25) is 0 Å². The zero-order chi connectivity index (χ0) is 20.9. The molecule has 0 unspecified atom stereocenters. The molecule has 0 spiro atoms. The molecular weight excluding hydrogens is 388 g/mol. The number of rotatable bonds is 9. The minimum absolute atomic E-state index is 0.0310. The predicted molar refractivity (Wildman–Crippen MR) is 113 cm³/mol. The van der Waals surface area contributed by atoms with E-state index in [2.05, 4.69) is 19.2 Å². The Balaban J connectivity index is 1.44. The van der Waals surface area contributed by atoms with Gasteiger partial charge in [-0.15, -0.1) is 0 Å². The highest BCUT2D eigenvalue weighted by Gasteiger charge is 2.32. The van der Waals surface area contributed by atoms with Crippen LogP contribution < -0.4 is 5.32 Å². The fraction of sp³-hybridized carbons (Fsp3) is 0.682. The lowest BCUT2D eigenvalue weighted by Gasteiger charge is -2.30. The Hall–Kier alpha value is -1.44. The number of carbonyl (C=O) groups is 1. The second kappa shape index (κ2) is 10.0. The third-order valence-corrected chi connectivity index (χ3v) is 7.64. The number of aryl methyl sites for hydroxylation is 2. The molecule has 7 heteroatoms. The highest BCUT2D eigenvalue weighted by Crippen LogP contribution is 2.28. The Morgan fingerprint density at radius 2 is 1.93 bits per heavy atom. The van der Waals surface area contributed by atoms with Crippen LogP contribution in [0.5, 0.6) is 0 Å². The average molecular weight is 423 g/mol. The van der Waals surface area contributed by atoms with E-state index in [1.807, 2.05) is 12.1 Å². The van der Waals surface area contributed by atoms with E-state index < -0.39 is 10.0 Å². The lowest BCUT2D eigenvalue weighted by Crippen LogP contribution is -2.43. The van der Waals surface area contributed by atoms with Gasteiger partial charge < -0.3 is 10.1 Å². The summed E-state index contributed by atoms with van der Waals surface area (Å²) in [7, 11) is -3.48. The van der Waals surface area contributed by atoms with Crippen molar-refractivity contribution < 1.29 is 17.9 Å². The molecule has 162 valence electrons. The van der Waals surface area contributed by atoms with Crippen LogP contribution in [0.1, 0.15) is 50.7 Å². The highest BCUT2D eigenvalue weighted by atomic mass is 32.2. The smallest absolute Gasteiger partial charge is 0.243 e. The van der Waals surface area contributed by atoms with Crippen molar-refractivity contribution in [3.05, 3.63) is 29.3 Å². The summed E-state index contributed by atoms with van der Waals surface area (Å²) in [6, 6.07) is 5.54. The van der Waals surface area contributed by atoms with Crippen LogP contribution >= 0.6 is 0 Å². The molecule has 1 fully saturated rings. The zero-order valence-corrected chi connectivity index (χ0v) is 18.5. The molecule has 0 radical (unpaired) electrons. The summed E-state index contributed by atoms with van der Waals surface area (Å²) in [6.07, 6.45) is 5.04. The number of nitrogens with one attached hydrogen (secondary N) is 1. The zero-order valence-electron chi connectivity index (χ0n) is 17.7. The number of amides is 1. The number of fused-ring (bicyclic) bond motifs is 1. The Kier molecular flexibility index (Phi) is 7.71. The molecule has 1 aliphatic carbocycles. The van der Waals surface area contributed by atoms with Crippen molar-refractivity contribution in [1.82, 2.24) is 9.62 Å². The number of ether oxygens (including phenoxy) is 1. The summed E-state index contributed by atoms with van der Waals surface area (Å²) in [5.41, 5.74) is 2.44. The van der Waals surface area contributed by atoms with Gasteiger partial charge in [-0.2, -0.15) is 4.31 Å². The third-order valence-electron chi connectivity index (χ3n) is 5.75. The first kappa shape index (κ1) is 22.2. The van der Waals surface area contributed by atoms with Gasteiger partial charge in [0.05, 0.1) is 4.90 Å². The van der Waals surface area contributed by atoms with Gasteiger partial charge in [0.15, 0.2) is 0 Å². The molecule has 1 aromatic rings. The van der Waals surface area contributed by atoms with Crippen LogP contribution in [0.15, 0.2) is 23.1 Å². The molecule has 1 aromatic carbocycles. The summed E-state index contributed by atoms with van der Waals surface area (Å²) in [6.45, 7) is 7.01. The van der Waals surface area contributed by atoms with E-state index in [0.717, 1.165) is 37.9 Å². The monoisotopic (exact) mass is 422 g/mol. The first-order chi connectivity index (χ1) is 13.9. The average Bonchev–Trinajstić information content (AvgIpc) is 3.18. The first-order valence-corrected chi connectivity index (χ1v) is 12.3. The Morgan fingerprint density at radius 3 is 2.66 bits per heavy atom. The summed E-state index contributed by atoms with van der Waals surface area (Å²) < 4.78 is 33.0. The second-order valence-corrected chi connectivity index (χ2v) is 10.5. The van der Waals surface area contributed by atoms with Crippen molar-refractivity contribution in [2.45, 2.75) is 57.3 Å². The lowest BCUT2D eigenvalue weighted by atomic mass is 9.97. The van der Waals surface area contributed by atoms with Crippen LogP contribution in [0.4, 0.5) is 0 Å². The Labute approximate surface area is 175 Å². The number of nitrogens with zero attached hydrogens (tertiary/aromatic N) is 1. The van der Waals surface area contributed by atoms with Crippen LogP contribution in [0.3, 0.4) is 0 Å². The molecular formula is C22H34N2O4S. The maximum absolute atomic E-state index is 13.0. The summed E-state index contributed by atoms with van der Waals surface area (Å²) in [4.78, 5) is 12.8. The van der Waals surface area contributed by atoms with E-state index in [1.54, 1.807) is 6.07 Å². The first-order valence-electron chi connectivity index (χ1n) is 10.9. The van der Waals surface area contributed by atoms with E-state index in [1.165, 1.54) is 9.87 Å². The predicted octanol–water partition coefficient (Wildman–Crippen LogP) is 2.75. The van der Waals surface area contributed by atoms with E-state index >= 15 is 0 Å². The fourth-order valence-electron chi connectivity index (χ4n) is 4.07. The van der Waals surface area contributed by atoms with Gasteiger partial charge in [0.2, 0.25) is 15.9 Å². The molecule has 2 aliphatic rings. The number of hydrogen-bond acceptors (Lipinski definition) is 4. The fourth-order valence-corrected chi connectivity index (χ4v) is 5.59. The standard InChI is InChI=1S/C22H34N2O4S/c1-17(2)16-28-14-4-11-23-22(25)19-9-12-24(13-10-19)29(26,27)21-8-7-18-5-3-6-20(18)15-21/h7-8,15,17,19H,3-6,9-14,16H2,1-2H3,(H,23,25). The van der Waals surface area contributed by atoms with Crippen molar-refractivity contribution >= 4 is 15.9 Å². The van der Waals surface area contributed by atoms with Gasteiger partial charge in [0.25, 0.3) is 0 Å². The van der Waals surface area contributed by atoms with Crippen LogP contribution in [0, 0.1) is 11.8 Å². The number of benzene rings is 1. The van der Waals surface area contributed by atoms with Crippen molar-refractivity contribution in [2.24, 2.45) is 11.8 Å². The normalized spacial score (nSPS) is 18.2. The second-order valence-electron chi connectivity index (χ2n) is 8.58. The van der Waals surface area contributed by atoms with E-state index in [9.17, 15) is 13.2 Å². The summed E-state index contributed by atoms with van der Waals surface area (Å²) in [5.74, 6) is 0.435. The SMILES string of the molecule is CC(C)COCCCNC(=O)C1CCN(S(=O)(=O)c2ccc3c(c2)CCC3)CC1. The van der Waals surface area contributed by atoms with Crippen molar-refractivity contribution in [1.29, 1.82) is 0 Å². The topological polar surface area (TPSA) is 75.7 Å². The molecule has 3 rings (SSSR count). The summed E-state index contributed by atoms with van der Waals surface area (Å²) in [5, 5.41) is 2.97. The van der Waals surface area contributed by atoms with Crippen LogP contribution in [-0.2, 0) is 32.4 Å². The van der Waals surface area contributed by atoms with Crippen molar-refractivity contribution in [3.63, 3.8) is 0 Å². The molecule has 1 N–H and O–H groups in total. The van der Waals surface area contributed by atoms with Crippen LogP contribution in [0.25, 0.3) is 0 Å². The molecule has 0 aromatic heterocycles. The quantitative estimate of drug-likeness (QED) is 0.621. The number of carbonyl (C=O) groups excluding carboxylic acids is 1. The minimum Gasteiger partial charge on any atom is -0.381 e. The summed E-state index contributed by atoms with van der Waals surface area (Å²) >= 11 is 0. The van der Waals surface area contributed by atoms with E-state index in [0.29, 0.717) is 49.9 Å². The van der Waals surface area contributed by atoms with Crippen LogP contribution in [-0.4, -0.2) is 51.5 Å². The van der Waals surface area contributed by atoms with E-state index in [4.69, 9.17) is 4.74 Å². The lowest BCUT2D eigenvalue weighted by molar-refractivity contribution is -0.126. The molecule has 1 saturated heterocycles. The molecule has 0 saturated carbocycles. The van der Waals surface area contributed by atoms with Crippen molar-refractivity contribution in [2.75, 3.05) is 32.8 Å². The minimum atomic E-state index is -3.48. The third kappa shape index (κ3) is 5.80. The molecule has 1 amide bonds. The molecule has 1 heterocycles. The van der Waals surface area contributed by atoms with Gasteiger partial charge in [-0.25, -0.2) is 8.42 Å². The van der Waals surface area contributed by atoms with Gasteiger partial charge in [-0.05, 0) is 67.7 Å². The Morgan fingerprint density at radius 1 is 1.21 bits per heavy atom. The Bertz CT molecular complexity index is 799. The molecule has 0 bridgehead atoms. The maximum atomic E-state index is 13.0. The van der Waals surface area contributed by atoms with Gasteiger partial charge in [0, 0.05) is 38.8 Å². The van der Waals surface area contributed by atoms with Gasteiger partial charge in [0.1, 0.15) is 0 Å². The largest absolute Gasteiger partial charge is 0.381 e. The number of sulfonamides is 1. The van der Waals surface area contributed by atoms with Gasteiger partial charge in [-0.3, -0.25) is 4.79 Å².